The molecular formula is C11H14N2O. The summed E-state index contributed by atoms with van der Waals surface area (Å²) in [6, 6.07) is 3.82. The van der Waals surface area contributed by atoms with E-state index in [1.165, 1.54) is 0 Å². The van der Waals surface area contributed by atoms with Crippen LogP contribution in [0.1, 0.15) is 12.5 Å². The Morgan fingerprint density at radius 1 is 1.64 bits per heavy atom. The molecule has 0 unspecified atom stereocenters. The number of aromatic nitrogens is 1. The Morgan fingerprint density at radius 2 is 2.43 bits per heavy atom. The minimum atomic E-state index is 0.0105. The van der Waals surface area contributed by atoms with E-state index in [9.17, 15) is 4.79 Å². The van der Waals surface area contributed by atoms with Crippen LogP contribution in [0.3, 0.4) is 0 Å². The van der Waals surface area contributed by atoms with Crippen LogP contribution in [-0.4, -0.2) is 22.8 Å². The lowest BCUT2D eigenvalue weighted by Crippen LogP contribution is -2.24. The molecule has 0 bridgehead atoms. The normalized spacial score (nSPS) is 10.4. The van der Waals surface area contributed by atoms with Crippen molar-refractivity contribution in [1.29, 1.82) is 0 Å². The van der Waals surface area contributed by atoms with Gasteiger partial charge in [0.1, 0.15) is 0 Å². The molecule has 3 heteroatoms. The van der Waals surface area contributed by atoms with Gasteiger partial charge in [0.05, 0.1) is 0 Å². The van der Waals surface area contributed by atoms with Gasteiger partial charge >= 0.3 is 0 Å². The number of carbonyl (C=O) groups excluding carboxylic acids is 1. The third-order valence-electron chi connectivity index (χ3n) is 1.83. The minimum Gasteiger partial charge on any atom is -0.338 e. The summed E-state index contributed by atoms with van der Waals surface area (Å²) in [5.74, 6) is 0.0105. The Kier molecular flexibility index (Phi) is 3.85. The van der Waals surface area contributed by atoms with Gasteiger partial charge < -0.3 is 4.90 Å². The van der Waals surface area contributed by atoms with Gasteiger partial charge in [-0.3, -0.25) is 9.78 Å². The molecule has 14 heavy (non-hydrogen) atoms. The first-order chi connectivity index (χ1) is 6.74. The number of rotatable bonds is 3. The maximum Gasteiger partial charge on any atom is 0.246 e. The molecule has 0 atom stereocenters. The second-order valence-corrected chi connectivity index (χ2v) is 3.06. The second-order valence-electron chi connectivity index (χ2n) is 3.06. The molecule has 0 aromatic carbocycles. The molecule has 0 fully saturated rings. The second kappa shape index (κ2) is 5.17. The van der Waals surface area contributed by atoms with Gasteiger partial charge in [-0.25, -0.2) is 0 Å². The van der Waals surface area contributed by atoms with Crippen molar-refractivity contribution in [3.8, 4) is 0 Å². The van der Waals surface area contributed by atoms with Gasteiger partial charge in [-0.1, -0.05) is 12.1 Å². The molecule has 0 aliphatic heterocycles. The molecule has 1 aromatic rings. The quantitative estimate of drug-likeness (QED) is 0.678. The molecule has 0 saturated carbocycles. The van der Waals surface area contributed by atoms with Crippen LogP contribution in [0.2, 0.25) is 0 Å². The summed E-state index contributed by atoms with van der Waals surface area (Å²) in [5, 5.41) is 0. The van der Waals surface area contributed by atoms with Crippen LogP contribution in [-0.2, 0) is 11.3 Å². The van der Waals surface area contributed by atoms with Crippen molar-refractivity contribution >= 4 is 5.91 Å². The van der Waals surface area contributed by atoms with Crippen LogP contribution in [0.15, 0.2) is 36.7 Å². The fourth-order valence-electron chi connectivity index (χ4n) is 1.11. The molecule has 1 amide bonds. The molecule has 0 radical (unpaired) electrons. The number of pyridine rings is 1. The van der Waals surface area contributed by atoms with Crippen molar-refractivity contribution < 1.29 is 4.79 Å². The Morgan fingerprint density at radius 3 is 3.00 bits per heavy atom. The molecular weight excluding hydrogens is 176 g/mol. The molecule has 0 saturated heterocycles. The molecule has 1 rings (SSSR count). The Balaban J connectivity index is 2.57. The molecule has 1 heterocycles. The standard InChI is InChI=1S/C11H14N2O/c1-3-5-11(14)13(2)9-10-6-4-7-12-8-10/h3-8H,9H2,1-2H3. The lowest BCUT2D eigenvalue weighted by atomic mass is 10.2. The predicted octanol–water partition coefficient (Wildman–Crippen LogP) is 1.62. The van der Waals surface area contributed by atoms with E-state index in [0.717, 1.165) is 5.56 Å². The van der Waals surface area contributed by atoms with Crippen LogP contribution in [0.25, 0.3) is 0 Å². The van der Waals surface area contributed by atoms with Gasteiger partial charge in [-0.2, -0.15) is 0 Å². The fourth-order valence-corrected chi connectivity index (χ4v) is 1.11. The van der Waals surface area contributed by atoms with Gasteiger partial charge in [-0.05, 0) is 24.6 Å². The van der Waals surface area contributed by atoms with Gasteiger partial charge in [0.25, 0.3) is 0 Å². The topological polar surface area (TPSA) is 33.2 Å². The summed E-state index contributed by atoms with van der Waals surface area (Å²) >= 11 is 0. The average molecular weight is 190 g/mol. The monoisotopic (exact) mass is 190 g/mol. The summed E-state index contributed by atoms with van der Waals surface area (Å²) < 4.78 is 0. The smallest absolute Gasteiger partial charge is 0.246 e. The third kappa shape index (κ3) is 3.01. The zero-order valence-corrected chi connectivity index (χ0v) is 8.47. The third-order valence-corrected chi connectivity index (χ3v) is 1.83. The number of allylic oxidation sites excluding steroid dienone is 1. The summed E-state index contributed by atoms with van der Waals surface area (Å²) in [4.78, 5) is 17.0. The first-order valence-electron chi connectivity index (χ1n) is 4.50. The molecule has 0 N–H and O–H groups in total. The van der Waals surface area contributed by atoms with Crippen LogP contribution in [0.5, 0.6) is 0 Å². The van der Waals surface area contributed by atoms with Gasteiger partial charge in [-0.15, -0.1) is 0 Å². The molecule has 0 aliphatic carbocycles. The van der Waals surface area contributed by atoms with Crippen molar-refractivity contribution in [3.05, 3.63) is 42.2 Å². The lowest BCUT2D eigenvalue weighted by Gasteiger charge is -2.14. The average Bonchev–Trinajstić information content (AvgIpc) is 2.19. The fraction of sp³-hybridized carbons (Fsp3) is 0.273. The Bertz CT molecular complexity index is 319. The van der Waals surface area contributed by atoms with E-state index in [-0.39, 0.29) is 5.91 Å². The highest BCUT2D eigenvalue weighted by Crippen LogP contribution is 2.01. The van der Waals surface area contributed by atoms with E-state index < -0.39 is 0 Å². The number of amides is 1. The summed E-state index contributed by atoms with van der Waals surface area (Å²) in [6.07, 6.45) is 6.77. The zero-order chi connectivity index (χ0) is 10.4. The Hall–Kier alpha value is -1.64. The highest BCUT2D eigenvalue weighted by atomic mass is 16.2. The van der Waals surface area contributed by atoms with Crippen LogP contribution >= 0.6 is 0 Å². The van der Waals surface area contributed by atoms with Gasteiger partial charge in [0.2, 0.25) is 5.91 Å². The number of nitrogens with zero attached hydrogens (tertiary/aromatic N) is 2. The highest BCUT2D eigenvalue weighted by Gasteiger charge is 2.04. The van der Waals surface area contributed by atoms with Gasteiger partial charge in [0, 0.05) is 26.0 Å². The van der Waals surface area contributed by atoms with E-state index in [0.29, 0.717) is 6.54 Å². The van der Waals surface area contributed by atoms with Gasteiger partial charge in [0.15, 0.2) is 0 Å². The molecule has 0 spiro atoms. The molecule has 1 aromatic heterocycles. The van der Waals surface area contributed by atoms with Crippen molar-refractivity contribution in [2.24, 2.45) is 0 Å². The highest BCUT2D eigenvalue weighted by molar-refractivity contribution is 5.87. The van der Waals surface area contributed by atoms with Crippen molar-refractivity contribution in [2.75, 3.05) is 7.05 Å². The number of likely N-dealkylation sites (N-methyl/N-ethyl adjacent to an activating group) is 1. The largest absolute Gasteiger partial charge is 0.338 e. The molecule has 74 valence electrons. The van der Waals surface area contributed by atoms with Crippen molar-refractivity contribution in [1.82, 2.24) is 9.88 Å². The summed E-state index contributed by atoms with van der Waals surface area (Å²) in [6.45, 7) is 2.42. The maximum atomic E-state index is 11.4. The summed E-state index contributed by atoms with van der Waals surface area (Å²) in [7, 11) is 1.77. The molecule has 3 nitrogen and oxygen atoms in total. The number of hydrogen-bond acceptors (Lipinski definition) is 2. The van der Waals surface area contributed by atoms with Crippen molar-refractivity contribution in [3.63, 3.8) is 0 Å². The van der Waals surface area contributed by atoms with Crippen LogP contribution in [0.4, 0.5) is 0 Å². The van der Waals surface area contributed by atoms with E-state index >= 15 is 0 Å². The SMILES string of the molecule is CC=CC(=O)N(C)Cc1cccnc1. The van der Waals surface area contributed by atoms with Crippen LogP contribution < -0.4 is 0 Å². The van der Waals surface area contributed by atoms with E-state index in [1.807, 2.05) is 19.1 Å². The van der Waals surface area contributed by atoms with E-state index in [2.05, 4.69) is 4.98 Å². The van der Waals surface area contributed by atoms with E-state index in [4.69, 9.17) is 0 Å². The van der Waals surface area contributed by atoms with E-state index in [1.54, 1.807) is 36.5 Å². The maximum absolute atomic E-state index is 11.4. The minimum absolute atomic E-state index is 0.0105. The summed E-state index contributed by atoms with van der Waals surface area (Å²) in [5.41, 5.74) is 1.04. The predicted molar refractivity (Wildman–Crippen MR) is 55.5 cm³/mol. The van der Waals surface area contributed by atoms with Crippen molar-refractivity contribution in [2.45, 2.75) is 13.5 Å². The molecule has 0 aliphatic rings. The number of carbonyl (C=O) groups is 1. The number of hydrogen-bond donors (Lipinski definition) is 0. The zero-order valence-electron chi connectivity index (χ0n) is 8.47. The first-order valence-corrected chi connectivity index (χ1v) is 4.50. The Labute approximate surface area is 84.1 Å². The van der Waals surface area contributed by atoms with Crippen LogP contribution in [0, 0.1) is 0 Å². The first kappa shape index (κ1) is 10.4. The lowest BCUT2D eigenvalue weighted by molar-refractivity contribution is -0.125.